The molecule has 2 amide bonds. The summed E-state index contributed by atoms with van der Waals surface area (Å²) in [6.07, 6.45) is 2.27. The molecule has 2 aromatic carbocycles. The number of hydrogen-bond acceptors (Lipinski definition) is 3. The van der Waals surface area contributed by atoms with Gasteiger partial charge in [-0.05, 0) is 69.9 Å². The fraction of sp³-hybridized carbons (Fsp3) is 0.409. The van der Waals surface area contributed by atoms with Crippen LogP contribution in [0.1, 0.15) is 24.4 Å². The minimum absolute atomic E-state index is 0.133. The molecule has 150 valence electrons. The van der Waals surface area contributed by atoms with Crippen LogP contribution in [0.3, 0.4) is 0 Å². The molecule has 0 radical (unpaired) electrons. The summed E-state index contributed by atoms with van der Waals surface area (Å²) >= 11 is 0. The van der Waals surface area contributed by atoms with Gasteiger partial charge in [-0.15, -0.1) is 0 Å². The Morgan fingerprint density at radius 3 is 2.43 bits per heavy atom. The first-order valence-corrected chi connectivity index (χ1v) is 9.78. The van der Waals surface area contributed by atoms with Crippen molar-refractivity contribution in [3.8, 4) is 0 Å². The lowest BCUT2D eigenvalue weighted by Gasteiger charge is -2.37. The van der Waals surface area contributed by atoms with Gasteiger partial charge in [-0.2, -0.15) is 0 Å². The van der Waals surface area contributed by atoms with Crippen LogP contribution in [0.25, 0.3) is 0 Å². The molecule has 0 saturated carbocycles. The average molecular weight is 384 g/mol. The molecule has 0 bridgehead atoms. The number of urea groups is 1. The third-order valence-corrected chi connectivity index (χ3v) is 5.39. The minimum Gasteiger partial charge on any atom is -0.330 e. The van der Waals surface area contributed by atoms with Gasteiger partial charge in [0.05, 0.1) is 6.04 Å². The molecule has 1 aliphatic rings. The van der Waals surface area contributed by atoms with E-state index in [4.69, 9.17) is 0 Å². The maximum atomic E-state index is 13.1. The van der Waals surface area contributed by atoms with Crippen LogP contribution in [0.4, 0.5) is 14.9 Å². The maximum Gasteiger partial charge on any atom is 0.319 e. The van der Waals surface area contributed by atoms with Crippen molar-refractivity contribution in [1.29, 1.82) is 0 Å². The number of nitrogens with one attached hydrogen (secondary N) is 2. The lowest BCUT2D eigenvalue weighted by molar-refractivity contribution is 0.135. The van der Waals surface area contributed by atoms with Gasteiger partial charge < -0.3 is 20.4 Å². The maximum absolute atomic E-state index is 13.1. The zero-order valence-electron chi connectivity index (χ0n) is 16.6. The van der Waals surface area contributed by atoms with Crippen LogP contribution in [0, 0.1) is 5.82 Å². The highest BCUT2D eigenvalue weighted by atomic mass is 19.1. The lowest BCUT2D eigenvalue weighted by Crippen LogP contribution is -2.46. The number of carbonyl (C=O) groups is 1. The van der Waals surface area contributed by atoms with Crippen LogP contribution < -0.4 is 10.6 Å². The van der Waals surface area contributed by atoms with Gasteiger partial charge in [0.2, 0.25) is 0 Å². The van der Waals surface area contributed by atoms with Gasteiger partial charge in [0.25, 0.3) is 0 Å². The van der Waals surface area contributed by atoms with Crippen LogP contribution in [0.2, 0.25) is 0 Å². The van der Waals surface area contributed by atoms with E-state index < -0.39 is 0 Å². The third kappa shape index (κ3) is 5.78. The van der Waals surface area contributed by atoms with Gasteiger partial charge in [-0.1, -0.05) is 30.3 Å². The van der Waals surface area contributed by atoms with Crippen molar-refractivity contribution in [1.82, 2.24) is 15.1 Å². The molecule has 1 heterocycles. The number of hydrogen-bond donors (Lipinski definition) is 2. The first-order chi connectivity index (χ1) is 13.5. The lowest BCUT2D eigenvalue weighted by atomic mass is 10.0. The summed E-state index contributed by atoms with van der Waals surface area (Å²) in [5.41, 5.74) is 1.63. The molecular weight excluding hydrogens is 355 g/mol. The molecule has 0 spiro atoms. The summed E-state index contributed by atoms with van der Waals surface area (Å²) < 4.78 is 13.1. The SMILES string of the molecule is CN1CCC(N(C)C[C@@H](NC(=O)Nc2ccc(F)cc2)c2ccccc2)CC1. The number of halogens is 1. The largest absolute Gasteiger partial charge is 0.330 e. The zero-order valence-corrected chi connectivity index (χ0v) is 16.6. The van der Waals surface area contributed by atoms with Crippen molar-refractivity contribution >= 4 is 11.7 Å². The second kappa shape index (κ2) is 9.66. The Labute approximate surface area is 166 Å². The molecule has 0 aliphatic carbocycles. The number of piperidine rings is 1. The Kier molecular flexibility index (Phi) is 7.01. The van der Waals surface area contributed by atoms with E-state index in [9.17, 15) is 9.18 Å². The zero-order chi connectivity index (χ0) is 19.9. The molecule has 0 aromatic heterocycles. The predicted molar refractivity (Wildman–Crippen MR) is 111 cm³/mol. The number of nitrogens with zero attached hydrogens (tertiary/aromatic N) is 2. The molecule has 6 heteroatoms. The van der Waals surface area contributed by atoms with Crippen LogP contribution in [0.15, 0.2) is 54.6 Å². The smallest absolute Gasteiger partial charge is 0.319 e. The van der Waals surface area contributed by atoms with E-state index in [1.54, 1.807) is 12.1 Å². The topological polar surface area (TPSA) is 47.6 Å². The number of amides is 2. The Morgan fingerprint density at radius 1 is 1.14 bits per heavy atom. The summed E-state index contributed by atoms with van der Waals surface area (Å²) in [4.78, 5) is 17.2. The predicted octanol–water partition coefficient (Wildman–Crippen LogP) is 3.71. The molecule has 28 heavy (non-hydrogen) atoms. The van der Waals surface area contributed by atoms with E-state index in [0.29, 0.717) is 11.7 Å². The average Bonchev–Trinajstić information content (AvgIpc) is 2.70. The molecule has 3 rings (SSSR count). The van der Waals surface area contributed by atoms with Gasteiger partial charge in [0, 0.05) is 18.3 Å². The van der Waals surface area contributed by atoms with Crippen molar-refractivity contribution in [2.75, 3.05) is 39.0 Å². The Morgan fingerprint density at radius 2 is 1.79 bits per heavy atom. The summed E-state index contributed by atoms with van der Waals surface area (Å²) in [6.45, 7) is 2.93. The van der Waals surface area contributed by atoms with E-state index in [1.165, 1.54) is 12.1 Å². The van der Waals surface area contributed by atoms with Gasteiger partial charge in [0.1, 0.15) is 5.82 Å². The summed E-state index contributed by atoms with van der Waals surface area (Å²) in [5, 5.41) is 5.87. The monoisotopic (exact) mass is 384 g/mol. The molecule has 0 unspecified atom stereocenters. The van der Waals surface area contributed by atoms with Crippen LogP contribution in [-0.4, -0.2) is 55.6 Å². The Hall–Kier alpha value is -2.44. The molecule has 5 nitrogen and oxygen atoms in total. The number of carbonyl (C=O) groups excluding carboxylic acids is 1. The first-order valence-electron chi connectivity index (χ1n) is 9.78. The van der Waals surface area contributed by atoms with Gasteiger partial charge in [-0.25, -0.2) is 9.18 Å². The summed E-state index contributed by atoms with van der Waals surface area (Å²) in [5.74, 6) is -0.326. The molecular formula is C22H29FN4O. The highest BCUT2D eigenvalue weighted by Crippen LogP contribution is 2.20. The Balaban J connectivity index is 1.65. The van der Waals surface area contributed by atoms with Crippen LogP contribution in [0.5, 0.6) is 0 Å². The second-order valence-corrected chi connectivity index (χ2v) is 7.54. The molecule has 2 aromatic rings. The number of benzene rings is 2. The van der Waals surface area contributed by atoms with Gasteiger partial charge in [0.15, 0.2) is 0 Å². The second-order valence-electron chi connectivity index (χ2n) is 7.54. The van der Waals surface area contributed by atoms with Crippen molar-refractivity contribution < 1.29 is 9.18 Å². The minimum atomic E-state index is -0.326. The van der Waals surface area contributed by atoms with Crippen molar-refractivity contribution in [3.05, 3.63) is 66.0 Å². The fourth-order valence-corrected chi connectivity index (χ4v) is 3.65. The normalized spacial score (nSPS) is 16.7. The molecule has 1 aliphatic heterocycles. The van der Waals surface area contributed by atoms with Crippen molar-refractivity contribution in [3.63, 3.8) is 0 Å². The molecule has 1 atom stereocenters. The number of anilines is 1. The van der Waals surface area contributed by atoms with E-state index in [2.05, 4.69) is 34.5 Å². The molecule has 1 saturated heterocycles. The standard InChI is InChI=1S/C22H29FN4O/c1-26-14-12-20(13-15-26)27(2)16-21(17-6-4-3-5-7-17)25-22(28)24-19-10-8-18(23)9-11-19/h3-11,20-21H,12-16H2,1-2H3,(H2,24,25,28)/t21-/m1/s1. The summed E-state index contributed by atoms with van der Waals surface area (Å²) in [6, 6.07) is 15.9. The van der Waals surface area contributed by atoms with Crippen LogP contribution in [-0.2, 0) is 0 Å². The first kappa shape index (κ1) is 20.3. The number of likely N-dealkylation sites (tertiary alicyclic amines) is 1. The van der Waals surface area contributed by atoms with Gasteiger partial charge in [-0.3, -0.25) is 0 Å². The van der Waals surface area contributed by atoms with Crippen molar-refractivity contribution in [2.45, 2.75) is 24.9 Å². The quantitative estimate of drug-likeness (QED) is 0.798. The van der Waals surface area contributed by atoms with E-state index in [0.717, 1.165) is 38.0 Å². The van der Waals surface area contributed by atoms with Crippen molar-refractivity contribution in [2.24, 2.45) is 0 Å². The molecule has 1 fully saturated rings. The number of likely N-dealkylation sites (N-methyl/N-ethyl adjacent to an activating group) is 1. The van der Waals surface area contributed by atoms with E-state index in [1.807, 2.05) is 30.3 Å². The summed E-state index contributed by atoms with van der Waals surface area (Å²) in [7, 11) is 4.29. The molecule has 2 N–H and O–H groups in total. The highest BCUT2D eigenvalue weighted by molar-refractivity contribution is 5.89. The van der Waals surface area contributed by atoms with E-state index in [-0.39, 0.29) is 17.9 Å². The van der Waals surface area contributed by atoms with E-state index >= 15 is 0 Å². The van der Waals surface area contributed by atoms with Gasteiger partial charge >= 0.3 is 6.03 Å². The number of rotatable bonds is 6. The fourth-order valence-electron chi connectivity index (χ4n) is 3.65. The van der Waals surface area contributed by atoms with Crippen LogP contribution >= 0.6 is 0 Å². The highest BCUT2D eigenvalue weighted by Gasteiger charge is 2.24. The Bertz CT molecular complexity index is 745. The third-order valence-electron chi connectivity index (χ3n) is 5.39.